The zero-order valence-electron chi connectivity index (χ0n) is 7.45. The van der Waals surface area contributed by atoms with Crippen molar-refractivity contribution >= 4 is 0 Å². The third kappa shape index (κ3) is 2.20. The first-order valence-electron chi connectivity index (χ1n) is 3.70. The van der Waals surface area contributed by atoms with E-state index in [4.69, 9.17) is 12.2 Å². The van der Waals surface area contributed by atoms with Crippen LogP contribution in [-0.4, -0.2) is 12.2 Å². The lowest BCUT2D eigenvalue weighted by Crippen LogP contribution is -2.44. The van der Waals surface area contributed by atoms with Gasteiger partial charge in [-0.1, -0.05) is 20.8 Å². The maximum Gasteiger partial charge on any atom is 0.138 e. The van der Waals surface area contributed by atoms with Gasteiger partial charge in [-0.2, -0.15) is 0 Å². The van der Waals surface area contributed by atoms with Gasteiger partial charge in [-0.25, -0.2) is 4.39 Å². The quantitative estimate of drug-likeness (QED) is 0.607. The second kappa shape index (κ2) is 3.23. The van der Waals surface area contributed by atoms with Crippen LogP contribution in [0.1, 0.15) is 27.2 Å². The molecule has 0 fully saturated rings. The molecule has 1 nitrogen and oxygen atoms in total. The number of hydrogen-bond acceptors (Lipinski definition) is 1. The molecule has 0 rings (SSSR count). The minimum Gasteiger partial charge on any atom is -0.327 e. The van der Waals surface area contributed by atoms with Gasteiger partial charge in [-0.05, 0) is 5.41 Å². The summed E-state index contributed by atoms with van der Waals surface area (Å²) in [7, 11) is 0. The fourth-order valence-electron chi connectivity index (χ4n) is 0.805. The maximum atomic E-state index is 13.8. The molecule has 0 aliphatic rings. The second-order valence-corrected chi connectivity index (χ2v) is 3.80. The summed E-state index contributed by atoms with van der Waals surface area (Å²) >= 11 is 0. The molecule has 11 heavy (non-hydrogen) atoms. The largest absolute Gasteiger partial charge is 0.327 e. The highest BCUT2D eigenvalue weighted by Crippen LogP contribution is 2.35. The van der Waals surface area contributed by atoms with Crippen molar-refractivity contribution in [3.05, 3.63) is 0 Å². The Morgan fingerprint density at radius 3 is 2.00 bits per heavy atom. The number of nitrogens with two attached hydrogens (primary N) is 1. The fourth-order valence-corrected chi connectivity index (χ4v) is 0.805. The van der Waals surface area contributed by atoms with Crippen LogP contribution in [0.5, 0.6) is 0 Å². The molecule has 1 unspecified atom stereocenters. The topological polar surface area (TPSA) is 26.0 Å². The van der Waals surface area contributed by atoms with E-state index in [-0.39, 0.29) is 13.0 Å². The summed E-state index contributed by atoms with van der Waals surface area (Å²) in [5.41, 5.74) is 3.40. The van der Waals surface area contributed by atoms with Gasteiger partial charge in [-0.15, -0.1) is 12.3 Å². The Hall–Kier alpha value is -0.550. The number of hydrogen-bond donors (Lipinski definition) is 1. The summed E-state index contributed by atoms with van der Waals surface area (Å²) < 4.78 is 13.8. The van der Waals surface area contributed by atoms with Gasteiger partial charge in [0.15, 0.2) is 0 Å². The summed E-state index contributed by atoms with van der Waals surface area (Å²) in [6, 6.07) is 0. The molecule has 2 heteroatoms. The molecule has 0 aliphatic carbocycles. The molecule has 0 aromatic carbocycles. The van der Waals surface area contributed by atoms with E-state index in [2.05, 4.69) is 5.92 Å². The monoisotopic (exact) mass is 157 g/mol. The van der Waals surface area contributed by atoms with Crippen LogP contribution < -0.4 is 5.73 Å². The van der Waals surface area contributed by atoms with Gasteiger partial charge in [0.2, 0.25) is 0 Å². The van der Waals surface area contributed by atoms with Crippen LogP contribution in [0.2, 0.25) is 0 Å². The molecule has 0 aliphatic heterocycles. The highest BCUT2D eigenvalue weighted by atomic mass is 19.1. The molecule has 0 saturated heterocycles. The molecule has 0 bridgehead atoms. The van der Waals surface area contributed by atoms with Gasteiger partial charge in [0.1, 0.15) is 5.67 Å². The lowest BCUT2D eigenvalue weighted by Gasteiger charge is -2.35. The van der Waals surface area contributed by atoms with Crippen molar-refractivity contribution < 1.29 is 4.39 Å². The minimum absolute atomic E-state index is 0.0132. The molecule has 1 atom stereocenters. The van der Waals surface area contributed by atoms with E-state index in [0.29, 0.717) is 0 Å². The standard InChI is InChI=1S/C9H16FN/c1-5-6-9(10,7-11)8(2,3)4/h1H,6-7,11H2,2-4H3. The predicted molar refractivity (Wildman–Crippen MR) is 45.8 cm³/mol. The first-order valence-corrected chi connectivity index (χ1v) is 3.70. The van der Waals surface area contributed by atoms with Crippen LogP contribution in [0.3, 0.4) is 0 Å². The Balaban J connectivity index is 4.49. The number of rotatable bonds is 2. The lowest BCUT2D eigenvalue weighted by molar-refractivity contribution is 0.0431. The van der Waals surface area contributed by atoms with Gasteiger partial charge in [0, 0.05) is 13.0 Å². The first kappa shape index (κ1) is 10.4. The highest BCUT2D eigenvalue weighted by Gasteiger charge is 2.40. The Bertz CT molecular complexity index is 163. The van der Waals surface area contributed by atoms with Crippen molar-refractivity contribution in [2.75, 3.05) is 6.54 Å². The van der Waals surface area contributed by atoms with Gasteiger partial charge in [-0.3, -0.25) is 0 Å². The van der Waals surface area contributed by atoms with Crippen molar-refractivity contribution in [2.45, 2.75) is 32.9 Å². The number of alkyl halides is 1. The molecule has 64 valence electrons. The van der Waals surface area contributed by atoms with Crippen molar-refractivity contribution in [1.82, 2.24) is 0 Å². The summed E-state index contributed by atoms with van der Waals surface area (Å²) in [5, 5.41) is 0. The van der Waals surface area contributed by atoms with E-state index in [0.717, 1.165) is 0 Å². The van der Waals surface area contributed by atoms with Crippen LogP contribution >= 0.6 is 0 Å². The Labute approximate surface area is 68.2 Å². The predicted octanol–water partition coefficient (Wildman–Crippen LogP) is 1.72. The minimum atomic E-state index is -1.43. The molecular formula is C9H16FN. The number of halogens is 1. The zero-order chi connectivity index (χ0) is 9.12. The second-order valence-electron chi connectivity index (χ2n) is 3.80. The van der Waals surface area contributed by atoms with Crippen molar-refractivity contribution in [2.24, 2.45) is 11.1 Å². The van der Waals surface area contributed by atoms with E-state index >= 15 is 0 Å². The Kier molecular flexibility index (Phi) is 3.07. The SMILES string of the molecule is C#CCC(F)(CN)C(C)(C)C. The van der Waals surface area contributed by atoms with Crippen LogP contribution in [0.15, 0.2) is 0 Å². The van der Waals surface area contributed by atoms with Crippen LogP contribution in [-0.2, 0) is 0 Å². The van der Waals surface area contributed by atoms with E-state index in [1.807, 2.05) is 0 Å². The highest BCUT2D eigenvalue weighted by molar-refractivity contribution is 5.02. The van der Waals surface area contributed by atoms with E-state index in [1.165, 1.54) is 0 Å². The first-order chi connectivity index (χ1) is 4.87. The maximum absolute atomic E-state index is 13.8. The molecule has 2 N–H and O–H groups in total. The average Bonchev–Trinajstić information content (AvgIpc) is 1.86. The van der Waals surface area contributed by atoms with Crippen molar-refractivity contribution in [3.63, 3.8) is 0 Å². The third-order valence-electron chi connectivity index (χ3n) is 2.05. The summed E-state index contributed by atoms with van der Waals surface area (Å²) in [4.78, 5) is 0. The number of terminal acetylenes is 1. The molecule has 0 aromatic heterocycles. The summed E-state index contributed by atoms with van der Waals surface area (Å²) in [5.74, 6) is 2.31. The molecule has 0 amide bonds. The smallest absolute Gasteiger partial charge is 0.138 e. The van der Waals surface area contributed by atoms with Gasteiger partial charge in [0.25, 0.3) is 0 Å². The third-order valence-corrected chi connectivity index (χ3v) is 2.05. The van der Waals surface area contributed by atoms with E-state index in [1.54, 1.807) is 20.8 Å². The van der Waals surface area contributed by atoms with E-state index < -0.39 is 11.1 Å². The Morgan fingerprint density at radius 2 is 1.91 bits per heavy atom. The van der Waals surface area contributed by atoms with E-state index in [9.17, 15) is 4.39 Å². The van der Waals surface area contributed by atoms with Crippen molar-refractivity contribution in [3.8, 4) is 12.3 Å². The zero-order valence-corrected chi connectivity index (χ0v) is 7.45. The molecule has 0 aromatic rings. The fraction of sp³-hybridized carbons (Fsp3) is 0.778. The molecule has 0 spiro atoms. The van der Waals surface area contributed by atoms with Gasteiger partial charge in [0.05, 0.1) is 0 Å². The van der Waals surface area contributed by atoms with Crippen molar-refractivity contribution in [1.29, 1.82) is 0 Å². The molecule has 0 heterocycles. The summed E-state index contributed by atoms with van der Waals surface area (Å²) in [6.45, 7) is 5.40. The Morgan fingerprint density at radius 1 is 1.45 bits per heavy atom. The average molecular weight is 157 g/mol. The lowest BCUT2D eigenvalue weighted by atomic mass is 9.76. The normalized spacial score (nSPS) is 17.1. The van der Waals surface area contributed by atoms with Gasteiger partial charge < -0.3 is 5.73 Å². The molecule has 0 radical (unpaired) electrons. The summed E-state index contributed by atoms with van der Waals surface area (Å²) in [6.07, 6.45) is 5.13. The van der Waals surface area contributed by atoms with Crippen LogP contribution in [0, 0.1) is 17.8 Å². The van der Waals surface area contributed by atoms with Crippen LogP contribution in [0.25, 0.3) is 0 Å². The molecule has 0 saturated carbocycles. The molecular weight excluding hydrogens is 141 g/mol. The van der Waals surface area contributed by atoms with Crippen LogP contribution in [0.4, 0.5) is 4.39 Å². The van der Waals surface area contributed by atoms with Gasteiger partial charge >= 0.3 is 0 Å².